The van der Waals surface area contributed by atoms with Gasteiger partial charge in [-0.15, -0.1) is 11.3 Å². The molecule has 0 aromatic carbocycles. The summed E-state index contributed by atoms with van der Waals surface area (Å²) >= 11 is 1.48. The lowest BCUT2D eigenvalue weighted by atomic mass is 9.95. The second kappa shape index (κ2) is 6.32. The van der Waals surface area contributed by atoms with Crippen LogP contribution >= 0.6 is 11.3 Å². The van der Waals surface area contributed by atoms with Crippen molar-refractivity contribution in [3.63, 3.8) is 0 Å². The lowest BCUT2D eigenvalue weighted by molar-refractivity contribution is 0.0920. The number of nitrogens with zero attached hydrogens (tertiary/aromatic N) is 2. The molecule has 5 nitrogen and oxygen atoms in total. The van der Waals surface area contributed by atoms with Crippen molar-refractivity contribution < 1.29 is 9.53 Å². The van der Waals surface area contributed by atoms with Gasteiger partial charge in [-0.1, -0.05) is 0 Å². The van der Waals surface area contributed by atoms with Crippen molar-refractivity contribution in [2.24, 2.45) is 5.92 Å². The van der Waals surface area contributed by atoms with Crippen LogP contribution < -0.4 is 5.32 Å². The predicted octanol–water partition coefficient (Wildman–Crippen LogP) is 1.83. The van der Waals surface area contributed by atoms with Crippen molar-refractivity contribution in [1.29, 1.82) is 0 Å². The molecule has 0 bridgehead atoms. The molecule has 0 spiro atoms. The molecular weight excluding hydrogens is 286 g/mol. The minimum atomic E-state index is -0.116. The molecule has 0 aliphatic carbocycles. The van der Waals surface area contributed by atoms with E-state index in [0.717, 1.165) is 11.4 Å². The summed E-state index contributed by atoms with van der Waals surface area (Å²) in [6.45, 7) is 3.13. The first-order chi connectivity index (χ1) is 10.2. The van der Waals surface area contributed by atoms with E-state index in [0.29, 0.717) is 18.9 Å². The molecule has 1 fully saturated rings. The molecule has 1 aliphatic heterocycles. The Bertz CT molecular complexity index is 614. The molecule has 2 atom stereocenters. The lowest BCUT2D eigenvalue weighted by Gasteiger charge is -2.18. The molecule has 2 aromatic rings. The number of hydrogen-bond acceptors (Lipinski definition) is 5. The van der Waals surface area contributed by atoms with Crippen LogP contribution in [0.1, 0.15) is 21.1 Å². The fraction of sp³-hybridized carbons (Fsp3) is 0.400. The first-order valence-electron chi connectivity index (χ1n) is 6.92. The van der Waals surface area contributed by atoms with E-state index in [1.165, 1.54) is 16.9 Å². The summed E-state index contributed by atoms with van der Waals surface area (Å²) in [6.07, 6.45) is 4.46. The van der Waals surface area contributed by atoms with E-state index in [9.17, 15) is 4.79 Å². The number of hydrogen-bond donors (Lipinski definition) is 1. The van der Waals surface area contributed by atoms with Crippen LogP contribution in [0.3, 0.4) is 0 Å². The Morgan fingerprint density at radius 3 is 2.95 bits per heavy atom. The maximum atomic E-state index is 12.2. The summed E-state index contributed by atoms with van der Waals surface area (Å²) < 4.78 is 5.54. The summed E-state index contributed by atoms with van der Waals surface area (Å²) in [6, 6.07) is 4.04. The van der Waals surface area contributed by atoms with Gasteiger partial charge < -0.3 is 10.1 Å². The van der Waals surface area contributed by atoms with Crippen molar-refractivity contribution in [2.45, 2.75) is 19.4 Å². The number of carbonyl (C=O) groups is 1. The van der Waals surface area contributed by atoms with Gasteiger partial charge in [0.05, 0.1) is 24.3 Å². The second-order valence-electron chi connectivity index (χ2n) is 5.19. The Labute approximate surface area is 127 Å². The lowest BCUT2D eigenvalue weighted by Crippen LogP contribution is -2.40. The first-order valence-corrected chi connectivity index (χ1v) is 7.80. The van der Waals surface area contributed by atoms with Gasteiger partial charge in [0.1, 0.15) is 5.69 Å². The standard InChI is InChI=1S/C15H17N3O2S/c1-10-17-14(9-21-10)15(19)18-13-8-20-7-12(13)6-11-2-4-16-5-3-11/h2-5,9,12-13H,6-8H2,1H3,(H,18,19). The molecule has 6 heteroatoms. The van der Waals surface area contributed by atoms with Crippen molar-refractivity contribution in [3.8, 4) is 0 Å². The van der Waals surface area contributed by atoms with Gasteiger partial charge in [-0.05, 0) is 31.0 Å². The van der Waals surface area contributed by atoms with E-state index in [-0.39, 0.29) is 17.9 Å². The SMILES string of the molecule is Cc1nc(C(=O)NC2COCC2Cc2ccncc2)cs1. The maximum Gasteiger partial charge on any atom is 0.271 e. The highest BCUT2D eigenvalue weighted by Gasteiger charge is 2.30. The Hall–Kier alpha value is -1.79. The molecule has 2 aromatic heterocycles. The van der Waals surface area contributed by atoms with E-state index in [2.05, 4.69) is 15.3 Å². The van der Waals surface area contributed by atoms with Crippen LogP contribution in [-0.4, -0.2) is 35.1 Å². The topological polar surface area (TPSA) is 64.1 Å². The molecule has 110 valence electrons. The summed E-state index contributed by atoms with van der Waals surface area (Å²) in [5.41, 5.74) is 1.70. The molecular formula is C15H17N3O2S. The van der Waals surface area contributed by atoms with Gasteiger partial charge in [0.15, 0.2) is 0 Å². The van der Waals surface area contributed by atoms with Gasteiger partial charge in [0, 0.05) is 23.7 Å². The van der Waals surface area contributed by atoms with Crippen molar-refractivity contribution in [2.75, 3.05) is 13.2 Å². The van der Waals surface area contributed by atoms with Gasteiger partial charge in [0.2, 0.25) is 0 Å². The quantitative estimate of drug-likeness (QED) is 0.936. The number of carbonyl (C=O) groups excluding carboxylic acids is 1. The van der Waals surface area contributed by atoms with Crippen LogP contribution in [0.4, 0.5) is 0 Å². The van der Waals surface area contributed by atoms with Crippen molar-refractivity contribution in [1.82, 2.24) is 15.3 Å². The molecule has 1 aliphatic rings. The number of nitrogens with one attached hydrogen (secondary N) is 1. The van der Waals surface area contributed by atoms with Crippen LogP contribution in [0.25, 0.3) is 0 Å². The molecule has 1 saturated heterocycles. The minimum absolute atomic E-state index is 0.0349. The molecule has 21 heavy (non-hydrogen) atoms. The number of pyridine rings is 1. The molecule has 3 heterocycles. The van der Waals surface area contributed by atoms with E-state index in [4.69, 9.17) is 4.74 Å². The third kappa shape index (κ3) is 3.46. The van der Waals surface area contributed by atoms with Crippen LogP contribution in [-0.2, 0) is 11.2 Å². The average molecular weight is 303 g/mol. The zero-order valence-electron chi connectivity index (χ0n) is 11.8. The highest BCUT2D eigenvalue weighted by Crippen LogP contribution is 2.19. The molecule has 0 radical (unpaired) electrons. The van der Waals surface area contributed by atoms with Crippen LogP contribution in [0.5, 0.6) is 0 Å². The second-order valence-corrected chi connectivity index (χ2v) is 6.25. The number of ether oxygens (including phenoxy) is 1. The van der Waals surface area contributed by atoms with Gasteiger partial charge >= 0.3 is 0 Å². The van der Waals surface area contributed by atoms with Crippen LogP contribution in [0.15, 0.2) is 29.9 Å². The Balaban J connectivity index is 1.63. The summed E-state index contributed by atoms with van der Waals surface area (Å²) in [4.78, 5) is 20.4. The third-order valence-electron chi connectivity index (χ3n) is 3.61. The van der Waals surface area contributed by atoms with E-state index in [1.807, 2.05) is 19.1 Å². The molecule has 2 unspecified atom stereocenters. The van der Waals surface area contributed by atoms with Crippen LogP contribution in [0.2, 0.25) is 0 Å². The molecule has 1 amide bonds. The zero-order valence-corrected chi connectivity index (χ0v) is 12.6. The monoisotopic (exact) mass is 303 g/mol. The average Bonchev–Trinajstić information content (AvgIpc) is 3.10. The highest BCUT2D eigenvalue weighted by molar-refractivity contribution is 7.09. The predicted molar refractivity (Wildman–Crippen MR) is 80.4 cm³/mol. The fourth-order valence-electron chi connectivity index (χ4n) is 2.49. The highest BCUT2D eigenvalue weighted by atomic mass is 32.1. The summed E-state index contributed by atoms with van der Waals surface area (Å²) in [5.74, 6) is 0.172. The smallest absolute Gasteiger partial charge is 0.271 e. The summed E-state index contributed by atoms with van der Waals surface area (Å²) in [5, 5.41) is 5.73. The van der Waals surface area contributed by atoms with Crippen molar-refractivity contribution >= 4 is 17.2 Å². The normalized spacial score (nSPS) is 21.4. The van der Waals surface area contributed by atoms with Crippen molar-refractivity contribution in [3.05, 3.63) is 46.2 Å². The number of thiazole rings is 1. The van der Waals surface area contributed by atoms with E-state index in [1.54, 1.807) is 17.8 Å². The number of rotatable bonds is 4. The molecule has 3 rings (SSSR count). The molecule has 0 saturated carbocycles. The van der Waals surface area contributed by atoms with E-state index >= 15 is 0 Å². The Morgan fingerprint density at radius 1 is 1.43 bits per heavy atom. The minimum Gasteiger partial charge on any atom is -0.379 e. The summed E-state index contributed by atoms with van der Waals surface area (Å²) in [7, 11) is 0. The van der Waals surface area contributed by atoms with Gasteiger partial charge in [-0.25, -0.2) is 4.98 Å². The van der Waals surface area contributed by atoms with E-state index < -0.39 is 0 Å². The first kappa shape index (κ1) is 14.2. The third-order valence-corrected chi connectivity index (χ3v) is 4.39. The zero-order chi connectivity index (χ0) is 14.7. The number of aromatic nitrogens is 2. The Morgan fingerprint density at radius 2 is 2.24 bits per heavy atom. The van der Waals surface area contributed by atoms with Gasteiger partial charge in [-0.3, -0.25) is 9.78 Å². The number of aryl methyl sites for hydroxylation is 1. The molecule has 1 N–H and O–H groups in total. The fourth-order valence-corrected chi connectivity index (χ4v) is 3.08. The van der Waals surface area contributed by atoms with Crippen LogP contribution in [0, 0.1) is 12.8 Å². The maximum absolute atomic E-state index is 12.2. The van der Waals surface area contributed by atoms with Gasteiger partial charge in [-0.2, -0.15) is 0 Å². The largest absolute Gasteiger partial charge is 0.379 e. The Kier molecular flexibility index (Phi) is 4.26. The number of amides is 1. The van der Waals surface area contributed by atoms with Gasteiger partial charge in [0.25, 0.3) is 5.91 Å².